The maximum Gasteiger partial charge on any atom is 0.153 e. The van der Waals surface area contributed by atoms with Gasteiger partial charge in [-0.1, -0.05) is 0 Å². The fraction of sp³-hybridized carbons (Fsp3) is 0.111. The average molecular weight is 174 g/mol. The Bertz CT molecular complexity index is 402. The molecule has 0 aliphatic rings. The molecule has 66 valence electrons. The largest absolute Gasteiger partial charge is 0.397 e. The van der Waals surface area contributed by atoms with Crippen LogP contribution in [0.25, 0.3) is 5.82 Å². The summed E-state index contributed by atoms with van der Waals surface area (Å²) in [5, 5.41) is 4.22. The Morgan fingerprint density at radius 1 is 1.31 bits per heavy atom. The molecule has 4 heteroatoms. The van der Waals surface area contributed by atoms with E-state index in [-0.39, 0.29) is 0 Å². The Morgan fingerprint density at radius 3 is 2.69 bits per heavy atom. The number of anilines is 1. The van der Waals surface area contributed by atoms with E-state index in [4.69, 9.17) is 5.73 Å². The van der Waals surface area contributed by atoms with E-state index in [2.05, 4.69) is 10.1 Å². The van der Waals surface area contributed by atoms with E-state index in [9.17, 15) is 0 Å². The number of nitrogens with two attached hydrogens (primary N) is 1. The van der Waals surface area contributed by atoms with Crippen LogP contribution in [-0.2, 0) is 0 Å². The smallest absolute Gasteiger partial charge is 0.153 e. The molecule has 0 amide bonds. The number of nitrogens with zero attached hydrogens (tertiary/aromatic N) is 3. The minimum absolute atomic E-state index is 0.660. The topological polar surface area (TPSA) is 56.7 Å². The summed E-state index contributed by atoms with van der Waals surface area (Å²) >= 11 is 0. The predicted octanol–water partition coefficient (Wildman–Crippen LogP) is 1.16. The van der Waals surface area contributed by atoms with E-state index in [0.717, 1.165) is 11.5 Å². The maximum absolute atomic E-state index is 5.52. The molecule has 0 spiro atoms. The molecule has 2 aromatic rings. The zero-order chi connectivity index (χ0) is 9.26. The van der Waals surface area contributed by atoms with E-state index < -0.39 is 0 Å². The predicted molar refractivity (Wildman–Crippen MR) is 50.5 cm³/mol. The molecular formula is C9H10N4. The number of pyridine rings is 1. The quantitative estimate of drug-likeness (QED) is 0.705. The molecule has 2 aromatic heterocycles. The molecule has 0 saturated carbocycles. The van der Waals surface area contributed by atoms with Crippen molar-refractivity contribution in [2.24, 2.45) is 0 Å². The third kappa shape index (κ3) is 1.51. The van der Waals surface area contributed by atoms with Crippen LogP contribution in [0.4, 0.5) is 5.69 Å². The third-order valence-corrected chi connectivity index (χ3v) is 1.73. The zero-order valence-corrected chi connectivity index (χ0v) is 7.31. The van der Waals surface area contributed by atoms with Gasteiger partial charge in [-0.2, -0.15) is 5.10 Å². The van der Waals surface area contributed by atoms with Gasteiger partial charge in [-0.15, -0.1) is 0 Å². The fourth-order valence-corrected chi connectivity index (χ4v) is 1.08. The number of hydrogen-bond acceptors (Lipinski definition) is 3. The summed E-state index contributed by atoms with van der Waals surface area (Å²) in [4.78, 5) is 4.14. The highest BCUT2D eigenvalue weighted by atomic mass is 15.3. The van der Waals surface area contributed by atoms with Crippen molar-refractivity contribution < 1.29 is 0 Å². The lowest BCUT2D eigenvalue weighted by atomic mass is 10.4. The van der Waals surface area contributed by atoms with Crippen molar-refractivity contribution in [2.45, 2.75) is 6.92 Å². The minimum atomic E-state index is 0.660. The fourth-order valence-electron chi connectivity index (χ4n) is 1.08. The lowest BCUT2D eigenvalue weighted by Gasteiger charge is -1.99. The van der Waals surface area contributed by atoms with Crippen molar-refractivity contribution in [3.63, 3.8) is 0 Å². The van der Waals surface area contributed by atoms with E-state index >= 15 is 0 Å². The van der Waals surface area contributed by atoms with Gasteiger partial charge in [-0.25, -0.2) is 9.67 Å². The Kier molecular flexibility index (Phi) is 1.73. The summed E-state index contributed by atoms with van der Waals surface area (Å²) in [6.07, 6.45) is 3.49. The molecule has 0 atom stereocenters. The highest BCUT2D eigenvalue weighted by Gasteiger charge is 1.97. The number of aromatic nitrogens is 3. The molecule has 0 radical (unpaired) electrons. The Morgan fingerprint density at radius 2 is 2.15 bits per heavy atom. The van der Waals surface area contributed by atoms with Gasteiger partial charge in [0, 0.05) is 6.20 Å². The normalized spacial score (nSPS) is 10.2. The first-order chi connectivity index (χ1) is 6.25. The molecule has 0 aliphatic carbocycles. The average Bonchev–Trinajstić information content (AvgIpc) is 2.53. The van der Waals surface area contributed by atoms with Crippen LogP contribution in [0.2, 0.25) is 0 Å². The molecule has 0 aromatic carbocycles. The second-order valence-corrected chi connectivity index (χ2v) is 2.85. The minimum Gasteiger partial charge on any atom is -0.397 e. The molecule has 0 fully saturated rings. The summed E-state index contributed by atoms with van der Waals surface area (Å²) < 4.78 is 1.72. The number of nitrogen functional groups attached to an aromatic ring is 1. The van der Waals surface area contributed by atoms with E-state index in [0.29, 0.717) is 5.69 Å². The number of aryl methyl sites for hydroxylation is 1. The van der Waals surface area contributed by atoms with Gasteiger partial charge in [0.25, 0.3) is 0 Å². The van der Waals surface area contributed by atoms with Gasteiger partial charge in [-0.3, -0.25) is 0 Å². The first-order valence-corrected chi connectivity index (χ1v) is 4.00. The van der Waals surface area contributed by atoms with Crippen molar-refractivity contribution in [2.75, 3.05) is 5.73 Å². The standard InChI is InChI=1S/C9H10N4/c1-7-4-5-13(12-7)9-3-2-8(10)6-11-9/h2-6H,10H2,1H3. The van der Waals surface area contributed by atoms with Gasteiger partial charge in [0.15, 0.2) is 5.82 Å². The van der Waals surface area contributed by atoms with Crippen molar-refractivity contribution in [1.29, 1.82) is 0 Å². The van der Waals surface area contributed by atoms with Crippen LogP contribution in [0.5, 0.6) is 0 Å². The van der Waals surface area contributed by atoms with Crippen LogP contribution in [0.1, 0.15) is 5.69 Å². The van der Waals surface area contributed by atoms with Crippen LogP contribution in [0, 0.1) is 6.92 Å². The summed E-state index contributed by atoms with van der Waals surface area (Å²) in [5.41, 5.74) is 7.15. The molecular weight excluding hydrogens is 164 g/mol. The molecule has 2 rings (SSSR count). The first kappa shape index (κ1) is 7.79. The van der Waals surface area contributed by atoms with Crippen LogP contribution in [-0.4, -0.2) is 14.8 Å². The Hall–Kier alpha value is -1.84. The second-order valence-electron chi connectivity index (χ2n) is 2.85. The number of hydrogen-bond donors (Lipinski definition) is 1. The lowest BCUT2D eigenvalue weighted by molar-refractivity contribution is 0.833. The molecule has 0 saturated heterocycles. The third-order valence-electron chi connectivity index (χ3n) is 1.73. The number of rotatable bonds is 1. The summed E-state index contributed by atoms with van der Waals surface area (Å²) in [7, 11) is 0. The lowest BCUT2D eigenvalue weighted by Crippen LogP contribution is -1.98. The first-order valence-electron chi connectivity index (χ1n) is 4.00. The van der Waals surface area contributed by atoms with E-state index in [1.54, 1.807) is 16.9 Å². The van der Waals surface area contributed by atoms with Crippen LogP contribution in [0.3, 0.4) is 0 Å². The highest BCUT2D eigenvalue weighted by molar-refractivity contribution is 5.38. The van der Waals surface area contributed by atoms with Crippen LogP contribution >= 0.6 is 0 Å². The van der Waals surface area contributed by atoms with Gasteiger partial charge >= 0.3 is 0 Å². The Labute approximate surface area is 76.0 Å². The summed E-state index contributed by atoms with van der Waals surface area (Å²) in [5.74, 6) is 0.780. The van der Waals surface area contributed by atoms with Gasteiger partial charge in [0.05, 0.1) is 17.6 Å². The van der Waals surface area contributed by atoms with Crippen molar-refractivity contribution in [3.05, 3.63) is 36.3 Å². The maximum atomic E-state index is 5.52. The van der Waals surface area contributed by atoms with Gasteiger partial charge in [-0.05, 0) is 25.1 Å². The zero-order valence-electron chi connectivity index (χ0n) is 7.31. The monoisotopic (exact) mass is 174 g/mol. The van der Waals surface area contributed by atoms with E-state index in [1.165, 1.54) is 0 Å². The highest BCUT2D eigenvalue weighted by Crippen LogP contribution is 2.06. The van der Waals surface area contributed by atoms with Gasteiger partial charge in [0.1, 0.15) is 0 Å². The summed E-state index contributed by atoms with van der Waals surface area (Å²) in [6.45, 7) is 1.94. The molecule has 0 unspecified atom stereocenters. The SMILES string of the molecule is Cc1ccn(-c2ccc(N)cn2)n1. The molecule has 2 heterocycles. The molecule has 0 bridgehead atoms. The van der Waals surface area contributed by atoms with Crippen LogP contribution < -0.4 is 5.73 Å². The van der Waals surface area contributed by atoms with Gasteiger partial charge in [0.2, 0.25) is 0 Å². The van der Waals surface area contributed by atoms with Crippen molar-refractivity contribution in [3.8, 4) is 5.82 Å². The molecule has 0 aliphatic heterocycles. The second kappa shape index (κ2) is 2.90. The van der Waals surface area contributed by atoms with Gasteiger partial charge < -0.3 is 5.73 Å². The summed E-state index contributed by atoms with van der Waals surface area (Å²) in [6, 6.07) is 5.57. The van der Waals surface area contributed by atoms with E-state index in [1.807, 2.05) is 25.3 Å². The Balaban J connectivity index is 2.41. The molecule has 13 heavy (non-hydrogen) atoms. The molecule has 2 N–H and O–H groups in total. The van der Waals surface area contributed by atoms with Crippen molar-refractivity contribution >= 4 is 5.69 Å². The van der Waals surface area contributed by atoms with Crippen LogP contribution in [0.15, 0.2) is 30.6 Å². The van der Waals surface area contributed by atoms with Crippen molar-refractivity contribution in [1.82, 2.24) is 14.8 Å². The molecule has 4 nitrogen and oxygen atoms in total.